The first-order valence-electron chi connectivity index (χ1n) is 6.75. The van der Waals surface area contributed by atoms with E-state index in [1.807, 2.05) is 0 Å². The molecule has 1 N–H and O–H groups in total. The van der Waals surface area contributed by atoms with Crippen molar-refractivity contribution >= 4 is 0 Å². The topological polar surface area (TPSA) is 15.3 Å². The Morgan fingerprint density at radius 1 is 1.27 bits per heavy atom. The van der Waals surface area contributed by atoms with Gasteiger partial charge in [-0.05, 0) is 38.3 Å². The molecule has 0 bridgehead atoms. The van der Waals surface area contributed by atoms with E-state index in [4.69, 9.17) is 0 Å². The van der Waals surface area contributed by atoms with Gasteiger partial charge in [0.05, 0.1) is 0 Å². The molecule has 1 unspecified atom stereocenters. The van der Waals surface area contributed by atoms with E-state index in [0.717, 1.165) is 12.5 Å². The molecule has 1 fully saturated rings. The molecule has 0 amide bonds. The van der Waals surface area contributed by atoms with Crippen LogP contribution in [0.15, 0.2) is 0 Å². The van der Waals surface area contributed by atoms with E-state index >= 15 is 0 Å². The van der Waals surface area contributed by atoms with Crippen LogP contribution in [0.1, 0.15) is 46.5 Å². The molecule has 1 aliphatic carbocycles. The first kappa shape index (κ1) is 13.0. The summed E-state index contributed by atoms with van der Waals surface area (Å²) in [5, 5.41) is 3.60. The molecule has 0 aromatic rings. The van der Waals surface area contributed by atoms with Crippen molar-refractivity contribution in [3.63, 3.8) is 0 Å². The monoisotopic (exact) mass is 212 g/mol. The molecule has 1 rings (SSSR count). The molecule has 1 atom stereocenters. The summed E-state index contributed by atoms with van der Waals surface area (Å²) in [5.41, 5.74) is 0. The third-order valence-corrected chi connectivity index (χ3v) is 3.27. The minimum atomic E-state index is 0.707. The van der Waals surface area contributed by atoms with Crippen molar-refractivity contribution in [2.45, 2.75) is 52.5 Å². The Bertz CT molecular complexity index is 149. The third kappa shape index (κ3) is 5.53. The molecule has 15 heavy (non-hydrogen) atoms. The average Bonchev–Trinajstić information content (AvgIpc) is 3.01. The molecule has 0 aliphatic heterocycles. The summed E-state index contributed by atoms with van der Waals surface area (Å²) in [4.78, 5) is 2.63. The predicted octanol–water partition coefficient (Wildman–Crippen LogP) is 2.50. The maximum atomic E-state index is 3.60. The first-order valence-corrected chi connectivity index (χ1v) is 6.75. The molecule has 0 radical (unpaired) electrons. The maximum absolute atomic E-state index is 3.60. The highest BCUT2D eigenvalue weighted by molar-refractivity contribution is 4.79. The Morgan fingerprint density at radius 3 is 2.47 bits per heavy atom. The van der Waals surface area contributed by atoms with Gasteiger partial charge in [0.1, 0.15) is 0 Å². The van der Waals surface area contributed by atoms with Crippen LogP contribution in [-0.4, -0.2) is 37.1 Å². The molecule has 0 spiro atoms. The van der Waals surface area contributed by atoms with Gasteiger partial charge in [0.2, 0.25) is 0 Å². The van der Waals surface area contributed by atoms with E-state index in [9.17, 15) is 0 Å². The van der Waals surface area contributed by atoms with Crippen molar-refractivity contribution in [2.75, 3.05) is 26.2 Å². The van der Waals surface area contributed by atoms with Gasteiger partial charge in [-0.2, -0.15) is 0 Å². The smallest absolute Gasteiger partial charge is 0.0194 e. The number of rotatable bonds is 9. The molecule has 0 aromatic carbocycles. The van der Waals surface area contributed by atoms with Gasteiger partial charge in [-0.25, -0.2) is 0 Å². The summed E-state index contributed by atoms with van der Waals surface area (Å²) in [6.45, 7) is 11.7. The minimum Gasteiger partial charge on any atom is -0.313 e. The number of nitrogens with one attached hydrogen (secondary N) is 1. The van der Waals surface area contributed by atoms with Gasteiger partial charge in [-0.3, -0.25) is 0 Å². The molecular weight excluding hydrogens is 184 g/mol. The van der Waals surface area contributed by atoms with Crippen LogP contribution in [0.2, 0.25) is 0 Å². The lowest BCUT2D eigenvalue weighted by atomic mass is 10.1. The molecule has 2 heteroatoms. The Balaban J connectivity index is 2.24. The maximum Gasteiger partial charge on any atom is 0.0194 e. The van der Waals surface area contributed by atoms with Gasteiger partial charge in [0, 0.05) is 19.1 Å². The fourth-order valence-electron chi connectivity index (χ4n) is 2.21. The fourth-order valence-corrected chi connectivity index (χ4v) is 2.21. The number of nitrogens with zero attached hydrogens (tertiary/aromatic N) is 1. The average molecular weight is 212 g/mol. The highest BCUT2D eigenvalue weighted by atomic mass is 15.1. The van der Waals surface area contributed by atoms with Crippen molar-refractivity contribution in [1.82, 2.24) is 10.2 Å². The van der Waals surface area contributed by atoms with E-state index in [1.54, 1.807) is 0 Å². The number of hydrogen-bond donors (Lipinski definition) is 1. The van der Waals surface area contributed by atoms with Gasteiger partial charge in [-0.1, -0.05) is 27.2 Å². The van der Waals surface area contributed by atoms with Crippen LogP contribution in [0.25, 0.3) is 0 Å². The Labute approximate surface area is 95.4 Å². The second-order valence-electron chi connectivity index (χ2n) is 4.84. The summed E-state index contributed by atoms with van der Waals surface area (Å²) in [6, 6.07) is 0.707. The van der Waals surface area contributed by atoms with Crippen molar-refractivity contribution in [2.24, 2.45) is 5.92 Å². The van der Waals surface area contributed by atoms with Gasteiger partial charge >= 0.3 is 0 Å². The van der Waals surface area contributed by atoms with Crippen molar-refractivity contribution in [3.05, 3.63) is 0 Å². The predicted molar refractivity (Wildman–Crippen MR) is 67.2 cm³/mol. The first-order chi connectivity index (χ1) is 7.30. The summed E-state index contributed by atoms with van der Waals surface area (Å²) in [5.74, 6) is 1.02. The Kier molecular flexibility index (Phi) is 6.26. The normalized spacial score (nSPS) is 18.4. The summed E-state index contributed by atoms with van der Waals surface area (Å²) >= 11 is 0. The van der Waals surface area contributed by atoms with Gasteiger partial charge in [0.25, 0.3) is 0 Å². The van der Waals surface area contributed by atoms with Crippen LogP contribution < -0.4 is 5.32 Å². The van der Waals surface area contributed by atoms with E-state index < -0.39 is 0 Å². The van der Waals surface area contributed by atoms with Gasteiger partial charge < -0.3 is 10.2 Å². The summed E-state index contributed by atoms with van der Waals surface area (Å²) < 4.78 is 0. The van der Waals surface area contributed by atoms with Crippen LogP contribution >= 0.6 is 0 Å². The summed E-state index contributed by atoms with van der Waals surface area (Å²) in [6.07, 6.45) is 5.54. The summed E-state index contributed by atoms with van der Waals surface area (Å²) in [7, 11) is 0. The minimum absolute atomic E-state index is 0.707. The van der Waals surface area contributed by atoms with Crippen molar-refractivity contribution < 1.29 is 0 Å². The standard InChI is InChI=1S/C13H28N2/c1-4-7-13(14-5-2)11-15(6-3)10-12-8-9-12/h12-14H,4-11H2,1-3H3. The second kappa shape index (κ2) is 7.24. The largest absolute Gasteiger partial charge is 0.313 e. The van der Waals surface area contributed by atoms with E-state index in [1.165, 1.54) is 45.3 Å². The molecule has 1 aliphatic rings. The van der Waals surface area contributed by atoms with Gasteiger partial charge in [0.15, 0.2) is 0 Å². The van der Waals surface area contributed by atoms with E-state index in [0.29, 0.717) is 6.04 Å². The lowest BCUT2D eigenvalue weighted by molar-refractivity contribution is 0.238. The SMILES string of the molecule is CCCC(CN(CC)CC1CC1)NCC. The fraction of sp³-hybridized carbons (Fsp3) is 1.00. The highest BCUT2D eigenvalue weighted by Gasteiger charge is 2.24. The zero-order valence-corrected chi connectivity index (χ0v) is 10.8. The van der Waals surface area contributed by atoms with Crippen LogP contribution in [-0.2, 0) is 0 Å². The lowest BCUT2D eigenvalue weighted by Gasteiger charge is -2.26. The van der Waals surface area contributed by atoms with Crippen LogP contribution in [0.4, 0.5) is 0 Å². The van der Waals surface area contributed by atoms with E-state index in [-0.39, 0.29) is 0 Å². The second-order valence-corrected chi connectivity index (χ2v) is 4.84. The van der Waals surface area contributed by atoms with Crippen molar-refractivity contribution in [3.8, 4) is 0 Å². The van der Waals surface area contributed by atoms with Gasteiger partial charge in [-0.15, -0.1) is 0 Å². The number of likely N-dealkylation sites (N-methyl/N-ethyl adjacent to an activating group) is 2. The molecule has 2 nitrogen and oxygen atoms in total. The Morgan fingerprint density at radius 2 is 2.00 bits per heavy atom. The molecule has 0 aromatic heterocycles. The van der Waals surface area contributed by atoms with Crippen molar-refractivity contribution in [1.29, 1.82) is 0 Å². The molecule has 90 valence electrons. The van der Waals surface area contributed by atoms with Crippen LogP contribution in [0.3, 0.4) is 0 Å². The lowest BCUT2D eigenvalue weighted by Crippen LogP contribution is -2.41. The zero-order chi connectivity index (χ0) is 11.1. The molecule has 0 heterocycles. The van der Waals surface area contributed by atoms with E-state index in [2.05, 4.69) is 31.0 Å². The molecule has 0 saturated heterocycles. The highest BCUT2D eigenvalue weighted by Crippen LogP contribution is 2.29. The third-order valence-electron chi connectivity index (χ3n) is 3.27. The van der Waals surface area contributed by atoms with Crippen LogP contribution in [0.5, 0.6) is 0 Å². The van der Waals surface area contributed by atoms with Crippen LogP contribution in [0, 0.1) is 5.92 Å². The zero-order valence-electron chi connectivity index (χ0n) is 10.8. The molecule has 1 saturated carbocycles. The number of hydrogen-bond acceptors (Lipinski definition) is 2. The molecular formula is C13H28N2. The Hall–Kier alpha value is -0.0800. The quantitative estimate of drug-likeness (QED) is 0.632.